The molecule has 0 amide bonds. The maximum absolute atomic E-state index is 12.7. The number of likely N-dealkylation sites (tertiary alicyclic amines) is 1. The van der Waals surface area contributed by atoms with Crippen molar-refractivity contribution in [3.63, 3.8) is 0 Å². The number of halogens is 4. The summed E-state index contributed by atoms with van der Waals surface area (Å²) in [6, 6.07) is 8.12. The number of rotatable bonds is 9. The average molecular weight is 556 g/mol. The van der Waals surface area contributed by atoms with E-state index < -0.39 is 12.7 Å². The Bertz CT molecular complexity index is 670. The van der Waals surface area contributed by atoms with Gasteiger partial charge in [-0.05, 0) is 48.9 Å². The Kier molecular flexibility index (Phi) is 12.0. The molecule has 1 saturated heterocycles. The van der Waals surface area contributed by atoms with Gasteiger partial charge in [0.25, 0.3) is 0 Å². The van der Waals surface area contributed by atoms with E-state index in [2.05, 4.69) is 34.3 Å². The van der Waals surface area contributed by atoms with Crippen molar-refractivity contribution in [1.82, 2.24) is 15.1 Å². The fourth-order valence-corrected chi connectivity index (χ4v) is 3.93. The molecule has 0 saturated carbocycles. The van der Waals surface area contributed by atoms with Gasteiger partial charge in [-0.25, -0.2) is 0 Å². The van der Waals surface area contributed by atoms with Crippen LogP contribution in [0.1, 0.15) is 38.2 Å². The van der Waals surface area contributed by atoms with Crippen molar-refractivity contribution >= 4 is 29.9 Å². The van der Waals surface area contributed by atoms with E-state index in [9.17, 15) is 13.2 Å². The van der Waals surface area contributed by atoms with Crippen molar-refractivity contribution in [3.05, 3.63) is 29.8 Å². The molecule has 0 spiro atoms. The Labute approximate surface area is 201 Å². The summed E-state index contributed by atoms with van der Waals surface area (Å²) in [5, 5.41) is 3.42. The van der Waals surface area contributed by atoms with Crippen LogP contribution in [-0.2, 0) is 0 Å². The summed E-state index contributed by atoms with van der Waals surface area (Å²) in [6.45, 7) is 6.36. The number of benzene rings is 1. The lowest BCUT2D eigenvalue weighted by Gasteiger charge is -2.26. The Morgan fingerprint density at radius 3 is 2.55 bits per heavy atom. The van der Waals surface area contributed by atoms with E-state index in [0.717, 1.165) is 44.2 Å². The molecule has 2 atom stereocenters. The quantitative estimate of drug-likeness (QED) is 0.275. The standard InChI is InChI=1S/C22H35F3N4O.HI/c1-5-28(16-22(23,24)25)14-18-11-13-29(15-18)21(26-3)27-12-10-17(2)19-6-8-20(30-4)9-7-19;/h6-9,17-18H,5,10-16H2,1-4H3,(H,26,27);1H. The van der Waals surface area contributed by atoms with Crippen molar-refractivity contribution in [2.24, 2.45) is 10.9 Å². The molecule has 2 rings (SSSR count). The summed E-state index contributed by atoms with van der Waals surface area (Å²) in [6.07, 6.45) is -2.30. The van der Waals surface area contributed by atoms with Crippen molar-refractivity contribution in [2.45, 2.75) is 38.8 Å². The third-order valence-electron chi connectivity index (χ3n) is 5.71. The van der Waals surface area contributed by atoms with Crippen LogP contribution in [0.3, 0.4) is 0 Å². The van der Waals surface area contributed by atoms with Gasteiger partial charge in [-0.1, -0.05) is 26.0 Å². The highest BCUT2D eigenvalue weighted by Gasteiger charge is 2.33. The lowest BCUT2D eigenvalue weighted by atomic mass is 9.98. The fourth-order valence-electron chi connectivity index (χ4n) is 3.93. The Morgan fingerprint density at radius 1 is 1.32 bits per heavy atom. The van der Waals surface area contributed by atoms with Crippen LogP contribution in [0.4, 0.5) is 13.2 Å². The van der Waals surface area contributed by atoms with Crippen LogP contribution in [0.5, 0.6) is 5.75 Å². The molecule has 1 aromatic rings. The van der Waals surface area contributed by atoms with Crippen LogP contribution in [0, 0.1) is 5.92 Å². The summed E-state index contributed by atoms with van der Waals surface area (Å²) in [7, 11) is 3.41. The van der Waals surface area contributed by atoms with Gasteiger partial charge in [0.2, 0.25) is 0 Å². The van der Waals surface area contributed by atoms with E-state index in [0.29, 0.717) is 19.0 Å². The molecule has 0 aliphatic carbocycles. The van der Waals surface area contributed by atoms with Crippen molar-refractivity contribution in [2.75, 3.05) is 53.4 Å². The van der Waals surface area contributed by atoms with Crippen molar-refractivity contribution < 1.29 is 17.9 Å². The maximum atomic E-state index is 12.7. The van der Waals surface area contributed by atoms with Gasteiger partial charge in [0.1, 0.15) is 5.75 Å². The minimum absolute atomic E-state index is 0. The highest BCUT2D eigenvalue weighted by Crippen LogP contribution is 2.23. The summed E-state index contributed by atoms with van der Waals surface area (Å²) in [5.74, 6) is 2.31. The Balaban J connectivity index is 0.00000480. The maximum Gasteiger partial charge on any atom is 0.401 e. The molecule has 1 aromatic carbocycles. The second-order valence-electron chi connectivity index (χ2n) is 7.98. The fraction of sp³-hybridized carbons (Fsp3) is 0.682. The zero-order valence-corrected chi connectivity index (χ0v) is 21.2. The van der Waals surface area contributed by atoms with E-state index in [4.69, 9.17) is 4.74 Å². The van der Waals surface area contributed by atoms with E-state index >= 15 is 0 Å². The lowest BCUT2D eigenvalue weighted by molar-refractivity contribution is -0.146. The first-order valence-electron chi connectivity index (χ1n) is 10.6. The van der Waals surface area contributed by atoms with Gasteiger partial charge >= 0.3 is 6.18 Å². The van der Waals surface area contributed by atoms with Crippen molar-refractivity contribution in [1.29, 1.82) is 0 Å². The van der Waals surface area contributed by atoms with E-state index in [-0.39, 0.29) is 29.9 Å². The number of nitrogens with one attached hydrogen (secondary N) is 1. The SMILES string of the molecule is CCN(CC1CCN(C(=NC)NCCC(C)c2ccc(OC)cc2)C1)CC(F)(F)F.I. The second kappa shape index (κ2) is 13.3. The summed E-state index contributed by atoms with van der Waals surface area (Å²) < 4.78 is 43.3. The number of hydrogen-bond donors (Lipinski definition) is 1. The number of methoxy groups -OCH3 is 1. The van der Waals surface area contributed by atoms with E-state index in [1.54, 1.807) is 21.1 Å². The summed E-state index contributed by atoms with van der Waals surface area (Å²) in [4.78, 5) is 8.02. The molecule has 178 valence electrons. The van der Waals surface area contributed by atoms with Gasteiger partial charge in [0.05, 0.1) is 13.7 Å². The molecule has 1 fully saturated rings. The normalized spacial score (nSPS) is 18.1. The summed E-state index contributed by atoms with van der Waals surface area (Å²) >= 11 is 0. The minimum atomic E-state index is -4.15. The molecule has 9 heteroatoms. The van der Waals surface area contributed by atoms with Crippen LogP contribution in [-0.4, -0.2) is 75.4 Å². The first-order chi connectivity index (χ1) is 14.3. The molecule has 0 bridgehead atoms. The van der Waals surface area contributed by atoms with Gasteiger partial charge in [0.15, 0.2) is 5.96 Å². The molecular formula is C22H36F3IN4O. The molecule has 5 nitrogen and oxygen atoms in total. The first-order valence-corrected chi connectivity index (χ1v) is 10.6. The lowest BCUT2D eigenvalue weighted by Crippen LogP contribution is -2.42. The van der Waals surface area contributed by atoms with Crippen LogP contribution >= 0.6 is 24.0 Å². The van der Waals surface area contributed by atoms with E-state index in [1.165, 1.54) is 10.5 Å². The molecule has 31 heavy (non-hydrogen) atoms. The molecule has 0 radical (unpaired) electrons. The predicted molar refractivity (Wildman–Crippen MR) is 131 cm³/mol. The number of nitrogens with zero attached hydrogens (tertiary/aromatic N) is 3. The first kappa shape index (κ1) is 27.8. The van der Waals surface area contributed by atoms with Gasteiger partial charge in [-0.15, -0.1) is 24.0 Å². The second-order valence-corrected chi connectivity index (χ2v) is 7.98. The topological polar surface area (TPSA) is 40.1 Å². The van der Waals surface area contributed by atoms with Crippen LogP contribution in [0.2, 0.25) is 0 Å². The highest BCUT2D eigenvalue weighted by molar-refractivity contribution is 14.0. The Morgan fingerprint density at radius 2 is 2.00 bits per heavy atom. The largest absolute Gasteiger partial charge is 0.497 e. The van der Waals surface area contributed by atoms with E-state index in [1.807, 2.05) is 12.1 Å². The molecule has 0 aromatic heterocycles. The smallest absolute Gasteiger partial charge is 0.401 e. The van der Waals surface area contributed by atoms with Crippen LogP contribution in [0.15, 0.2) is 29.3 Å². The monoisotopic (exact) mass is 556 g/mol. The molecule has 2 unspecified atom stereocenters. The highest BCUT2D eigenvalue weighted by atomic mass is 127. The van der Waals surface area contributed by atoms with Gasteiger partial charge < -0.3 is 15.0 Å². The molecular weight excluding hydrogens is 520 g/mol. The Hall–Kier alpha value is -1.23. The number of ether oxygens (including phenoxy) is 1. The molecule has 1 aliphatic heterocycles. The van der Waals surface area contributed by atoms with Crippen molar-refractivity contribution in [3.8, 4) is 5.75 Å². The molecule has 1 aliphatic rings. The average Bonchev–Trinajstić information content (AvgIpc) is 3.17. The number of hydrogen-bond acceptors (Lipinski definition) is 3. The van der Waals surface area contributed by atoms with Gasteiger partial charge in [0, 0.05) is 33.2 Å². The third kappa shape index (κ3) is 9.43. The summed E-state index contributed by atoms with van der Waals surface area (Å²) in [5.41, 5.74) is 1.26. The zero-order valence-electron chi connectivity index (χ0n) is 18.9. The van der Waals surface area contributed by atoms with Crippen LogP contribution in [0.25, 0.3) is 0 Å². The molecule has 1 N–H and O–H groups in total. The molecule has 1 heterocycles. The number of guanidine groups is 1. The third-order valence-corrected chi connectivity index (χ3v) is 5.71. The number of alkyl halides is 3. The number of aliphatic imine (C=N–C) groups is 1. The predicted octanol–water partition coefficient (Wildman–Crippen LogP) is 4.59. The zero-order chi connectivity index (χ0) is 22.1. The van der Waals surface area contributed by atoms with Gasteiger partial charge in [-0.2, -0.15) is 13.2 Å². The minimum Gasteiger partial charge on any atom is -0.497 e. The van der Waals surface area contributed by atoms with Crippen LogP contribution < -0.4 is 10.1 Å². The van der Waals surface area contributed by atoms with Gasteiger partial charge in [-0.3, -0.25) is 9.89 Å².